The first kappa shape index (κ1) is 9.27. The maximum atomic E-state index is 8.76. The van der Waals surface area contributed by atoms with Gasteiger partial charge in [0.2, 0.25) is 0 Å². The lowest BCUT2D eigenvalue weighted by atomic mass is 10.1. The zero-order chi connectivity index (χ0) is 9.68. The first-order chi connectivity index (χ1) is 6.24. The Kier molecular flexibility index (Phi) is 3.04. The molecule has 0 aliphatic rings. The van der Waals surface area contributed by atoms with Crippen molar-refractivity contribution in [3.8, 4) is 6.07 Å². The Morgan fingerprint density at radius 2 is 2.31 bits per heavy atom. The molecular weight excluding hydrogens is 162 g/mol. The first-order valence-corrected chi connectivity index (χ1v) is 3.93. The molecule has 0 radical (unpaired) electrons. The molecule has 0 fully saturated rings. The maximum Gasteiger partial charge on any atom is 0.0999 e. The van der Waals surface area contributed by atoms with Crippen LogP contribution in [-0.4, -0.2) is 24.0 Å². The fourth-order valence-corrected chi connectivity index (χ4v) is 0.871. The molecule has 0 aliphatic carbocycles. The summed E-state index contributed by atoms with van der Waals surface area (Å²) in [5.41, 5.74) is 1.49. The number of pyridine rings is 1. The van der Waals surface area contributed by atoms with Gasteiger partial charge in [0.25, 0.3) is 0 Å². The Morgan fingerprint density at radius 3 is 2.92 bits per heavy atom. The van der Waals surface area contributed by atoms with E-state index in [2.05, 4.69) is 11.1 Å². The largest absolute Gasteiger partial charge is 0.383 e. The van der Waals surface area contributed by atoms with Gasteiger partial charge in [-0.05, 0) is 18.3 Å². The summed E-state index contributed by atoms with van der Waals surface area (Å²) >= 11 is 0. The fourth-order valence-electron chi connectivity index (χ4n) is 0.871. The van der Waals surface area contributed by atoms with Crippen molar-refractivity contribution in [1.29, 1.82) is 5.26 Å². The Balaban J connectivity index is 2.95. The molecule has 13 heavy (non-hydrogen) atoms. The molecule has 1 heterocycles. The van der Waals surface area contributed by atoms with E-state index < -0.39 is 0 Å². The molecule has 0 N–H and O–H groups in total. The van der Waals surface area contributed by atoms with Gasteiger partial charge in [0.15, 0.2) is 0 Å². The van der Waals surface area contributed by atoms with E-state index in [-0.39, 0.29) is 0 Å². The number of hydrogen-bond acceptors (Lipinski definition) is 3. The van der Waals surface area contributed by atoms with Crippen molar-refractivity contribution in [1.82, 2.24) is 9.88 Å². The van der Waals surface area contributed by atoms with Crippen molar-refractivity contribution >= 4 is 6.08 Å². The standard InChI is InChI=1S/C10H11N3/c1-13(2)6-4-10-8-12-5-3-9(10)7-11/h3-6,8H,1-2H3. The number of aromatic nitrogens is 1. The second-order valence-electron chi connectivity index (χ2n) is 2.85. The van der Waals surface area contributed by atoms with Gasteiger partial charge >= 0.3 is 0 Å². The highest BCUT2D eigenvalue weighted by Crippen LogP contribution is 2.07. The number of rotatable bonds is 2. The van der Waals surface area contributed by atoms with Gasteiger partial charge in [0, 0.05) is 32.1 Å². The van der Waals surface area contributed by atoms with E-state index in [1.807, 2.05) is 31.3 Å². The van der Waals surface area contributed by atoms with Crippen LogP contribution in [-0.2, 0) is 0 Å². The molecule has 0 bridgehead atoms. The molecule has 0 spiro atoms. The van der Waals surface area contributed by atoms with Crippen LogP contribution in [0.2, 0.25) is 0 Å². The number of nitriles is 1. The molecule has 1 aromatic rings. The molecule has 0 saturated carbocycles. The van der Waals surface area contributed by atoms with Crippen LogP contribution in [0, 0.1) is 11.3 Å². The molecule has 0 amide bonds. The van der Waals surface area contributed by atoms with Crippen molar-refractivity contribution < 1.29 is 0 Å². The van der Waals surface area contributed by atoms with Gasteiger partial charge < -0.3 is 4.90 Å². The quantitative estimate of drug-likeness (QED) is 0.680. The lowest BCUT2D eigenvalue weighted by Crippen LogP contribution is -1.99. The van der Waals surface area contributed by atoms with Crippen LogP contribution in [0.25, 0.3) is 6.08 Å². The van der Waals surface area contributed by atoms with Gasteiger partial charge in [-0.2, -0.15) is 5.26 Å². The van der Waals surface area contributed by atoms with Gasteiger partial charge in [-0.25, -0.2) is 0 Å². The average Bonchev–Trinajstić information content (AvgIpc) is 2.15. The van der Waals surface area contributed by atoms with E-state index in [0.717, 1.165) is 5.56 Å². The minimum Gasteiger partial charge on any atom is -0.383 e. The maximum absolute atomic E-state index is 8.76. The minimum atomic E-state index is 0.646. The minimum absolute atomic E-state index is 0.646. The molecular formula is C10H11N3. The smallest absolute Gasteiger partial charge is 0.0999 e. The summed E-state index contributed by atoms with van der Waals surface area (Å²) < 4.78 is 0. The number of nitrogens with zero attached hydrogens (tertiary/aromatic N) is 3. The second-order valence-corrected chi connectivity index (χ2v) is 2.85. The Morgan fingerprint density at radius 1 is 1.54 bits per heavy atom. The molecule has 0 saturated heterocycles. The molecule has 0 atom stereocenters. The van der Waals surface area contributed by atoms with Crippen LogP contribution < -0.4 is 0 Å². The van der Waals surface area contributed by atoms with Gasteiger partial charge in [-0.3, -0.25) is 4.98 Å². The number of hydrogen-bond donors (Lipinski definition) is 0. The van der Waals surface area contributed by atoms with Crippen molar-refractivity contribution in [2.45, 2.75) is 0 Å². The van der Waals surface area contributed by atoms with Crippen LogP contribution in [0.3, 0.4) is 0 Å². The summed E-state index contributed by atoms with van der Waals surface area (Å²) in [7, 11) is 3.86. The van der Waals surface area contributed by atoms with Crippen LogP contribution in [0.5, 0.6) is 0 Å². The molecule has 0 aliphatic heterocycles. The summed E-state index contributed by atoms with van der Waals surface area (Å²) in [5, 5.41) is 8.76. The highest BCUT2D eigenvalue weighted by Gasteiger charge is 1.95. The van der Waals surface area contributed by atoms with Crippen LogP contribution in [0.1, 0.15) is 11.1 Å². The third kappa shape index (κ3) is 2.60. The predicted octanol–water partition coefficient (Wildman–Crippen LogP) is 1.49. The topological polar surface area (TPSA) is 39.9 Å². The highest BCUT2D eigenvalue weighted by molar-refractivity contribution is 5.56. The Hall–Kier alpha value is -1.82. The van der Waals surface area contributed by atoms with E-state index in [1.54, 1.807) is 18.5 Å². The molecule has 0 unspecified atom stereocenters. The average molecular weight is 173 g/mol. The predicted molar refractivity (Wildman–Crippen MR) is 51.7 cm³/mol. The van der Waals surface area contributed by atoms with Crippen molar-refractivity contribution in [3.05, 3.63) is 35.8 Å². The lowest BCUT2D eigenvalue weighted by molar-refractivity contribution is 0.567. The zero-order valence-corrected chi connectivity index (χ0v) is 7.73. The summed E-state index contributed by atoms with van der Waals surface area (Å²) in [4.78, 5) is 5.86. The molecule has 66 valence electrons. The van der Waals surface area contributed by atoms with E-state index in [4.69, 9.17) is 5.26 Å². The summed E-state index contributed by atoms with van der Waals surface area (Å²) in [6.45, 7) is 0. The van der Waals surface area contributed by atoms with Crippen LogP contribution in [0.15, 0.2) is 24.7 Å². The lowest BCUT2D eigenvalue weighted by Gasteiger charge is -2.03. The highest BCUT2D eigenvalue weighted by atomic mass is 15.0. The summed E-state index contributed by atoms with van der Waals surface area (Å²) in [5.74, 6) is 0. The monoisotopic (exact) mass is 173 g/mol. The second kappa shape index (κ2) is 4.27. The van der Waals surface area contributed by atoms with Gasteiger partial charge in [-0.1, -0.05) is 0 Å². The van der Waals surface area contributed by atoms with Crippen LogP contribution >= 0.6 is 0 Å². The third-order valence-electron chi connectivity index (χ3n) is 1.52. The van der Waals surface area contributed by atoms with Crippen molar-refractivity contribution in [2.24, 2.45) is 0 Å². The molecule has 3 heteroatoms. The normalized spacial score (nSPS) is 9.92. The van der Waals surface area contributed by atoms with Crippen molar-refractivity contribution in [3.63, 3.8) is 0 Å². The van der Waals surface area contributed by atoms with Gasteiger partial charge in [-0.15, -0.1) is 0 Å². The zero-order valence-electron chi connectivity index (χ0n) is 7.73. The Bertz CT molecular complexity index is 347. The van der Waals surface area contributed by atoms with Crippen molar-refractivity contribution in [2.75, 3.05) is 14.1 Å². The summed E-state index contributed by atoms with van der Waals surface area (Å²) in [6, 6.07) is 3.81. The Labute approximate surface area is 77.9 Å². The molecule has 1 aromatic heterocycles. The van der Waals surface area contributed by atoms with E-state index >= 15 is 0 Å². The SMILES string of the molecule is CN(C)C=Cc1cnccc1C#N. The van der Waals surface area contributed by atoms with Gasteiger partial charge in [0.1, 0.15) is 0 Å². The van der Waals surface area contributed by atoms with E-state index in [0.29, 0.717) is 5.56 Å². The molecule has 3 nitrogen and oxygen atoms in total. The van der Waals surface area contributed by atoms with Gasteiger partial charge in [0.05, 0.1) is 11.6 Å². The van der Waals surface area contributed by atoms with Crippen LogP contribution in [0.4, 0.5) is 0 Å². The molecule has 1 rings (SSSR count). The van der Waals surface area contributed by atoms with E-state index in [1.165, 1.54) is 0 Å². The third-order valence-corrected chi connectivity index (χ3v) is 1.52. The molecule has 0 aromatic carbocycles. The fraction of sp³-hybridized carbons (Fsp3) is 0.200. The summed E-state index contributed by atoms with van der Waals surface area (Å²) in [6.07, 6.45) is 7.05. The first-order valence-electron chi connectivity index (χ1n) is 3.93. The van der Waals surface area contributed by atoms with E-state index in [9.17, 15) is 0 Å².